The second kappa shape index (κ2) is 11.7. The van der Waals surface area contributed by atoms with Crippen molar-refractivity contribution in [3.8, 4) is 28.6 Å². The van der Waals surface area contributed by atoms with Crippen LogP contribution < -0.4 is 19.8 Å². The summed E-state index contributed by atoms with van der Waals surface area (Å²) in [6, 6.07) is 19.0. The number of hydrazone groups is 1. The summed E-state index contributed by atoms with van der Waals surface area (Å²) in [6.07, 6.45) is 1.32. The molecule has 3 aromatic carbocycles. The number of H-pyrrole nitrogens is 1. The van der Waals surface area contributed by atoms with Crippen LogP contribution in [0.4, 0.5) is 0 Å². The number of hydrogen-bond acceptors (Lipinski definition) is 6. The van der Waals surface area contributed by atoms with E-state index in [1.165, 1.54) is 18.0 Å². The minimum Gasteiger partial charge on any atom is -0.871 e. The van der Waals surface area contributed by atoms with Crippen LogP contribution in [0.15, 0.2) is 79.9 Å². The first-order valence-corrected chi connectivity index (χ1v) is 13.3. The molecule has 0 spiro atoms. The molecule has 4 rings (SSSR count). The van der Waals surface area contributed by atoms with E-state index in [1.807, 2.05) is 60.0 Å². The third-order valence-electron chi connectivity index (χ3n) is 5.09. The second-order valence-corrected chi connectivity index (χ2v) is 10.4. The van der Waals surface area contributed by atoms with E-state index in [-0.39, 0.29) is 17.4 Å². The highest BCUT2D eigenvalue weighted by atomic mass is 79.9. The second-order valence-electron chi connectivity index (χ2n) is 7.64. The van der Waals surface area contributed by atoms with Gasteiger partial charge in [-0.15, -0.1) is 5.10 Å². The molecule has 2 N–H and O–H groups in total. The van der Waals surface area contributed by atoms with Crippen molar-refractivity contribution in [2.24, 2.45) is 5.10 Å². The molecular weight excluding hydrogens is 610 g/mol. The van der Waals surface area contributed by atoms with Gasteiger partial charge in [-0.25, -0.2) is 5.43 Å². The number of rotatable bonds is 8. The molecular formula is C25H21Br2N5O3S. The number of benzene rings is 3. The monoisotopic (exact) mass is 629 g/mol. The van der Waals surface area contributed by atoms with Crippen molar-refractivity contribution >= 4 is 55.7 Å². The average molecular weight is 631 g/mol. The van der Waals surface area contributed by atoms with Gasteiger partial charge in [0, 0.05) is 8.95 Å². The summed E-state index contributed by atoms with van der Waals surface area (Å²) < 4.78 is 8.37. The molecule has 1 amide bonds. The highest BCUT2D eigenvalue weighted by Crippen LogP contribution is 2.28. The van der Waals surface area contributed by atoms with Gasteiger partial charge in [-0.1, -0.05) is 55.3 Å². The maximum atomic E-state index is 12.5. The Labute approximate surface area is 229 Å². The van der Waals surface area contributed by atoms with Gasteiger partial charge >= 0.3 is 5.16 Å². The Morgan fingerprint density at radius 1 is 1.19 bits per heavy atom. The lowest BCUT2D eigenvalue weighted by molar-refractivity contribution is -0.625. The van der Waals surface area contributed by atoms with E-state index in [2.05, 4.69) is 52.6 Å². The van der Waals surface area contributed by atoms with E-state index in [0.29, 0.717) is 15.2 Å². The summed E-state index contributed by atoms with van der Waals surface area (Å²) in [5, 5.41) is 24.3. The van der Waals surface area contributed by atoms with E-state index in [4.69, 9.17) is 4.74 Å². The van der Waals surface area contributed by atoms with Gasteiger partial charge in [0.15, 0.2) is 0 Å². The molecule has 0 aliphatic heterocycles. The fourth-order valence-corrected chi connectivity index (χ4v) is 5.30. The molecule has 11 heteroatoms. The third kappa shape index (κ3) is 6.15. The van der Waals surface area contributed by atoms with Crippen molar-refractivity contribution in [1.82, 2.24) is 15.6 Å². The highest BCUT2D eigenvalue weighted by molar-refractivity contribution is 9.11. The predicted octanol–water partition coefficient (Wildman–Crippen LogP) is 4.51. The number of aromatic nitrogens is 3. The Morgan fingerprint density at radius 2 is 1.92 bits per heavy atom. The molecule has 0 radical (unpaired) electrons. The first kappa shape index (κ1) is 25.9. The minimum atomic E-state index is -0.331. The van der Waals surface area contributed by atoms with Crippen LogP contribution in [0.25, 0.3) is 17.1 Å². The quantitative estimate of drug-likeness (QED) is 0.129. The van der Waals surface area contributed by atoms with Gasteiger partial charge in [-0.3, -0.25) is 4.79 Å². The lowest BCUT2D eigenvalue weighted by atomic mass is 10.2. The standard InChI is InChI=1S/C25H21Br2N5O3S/c1-15-3-7-19(8-4-15)32-24(16-5-9-20(35-2)10-6-16)30-31-25(32)36-14-22(33)29-28-13-17-11-18(26)12-21(27)23(17)34/h3-13H,14H2,1-2H3,(H2,28,29,33,34). The molecule has 4 aromatic rings. The lowest BCUT2D eigenvalue weighted by Gasteiger charge is -2.12. The Hall–Kier alpha value is -3.15. The average Bonchev–Trinajstić information content (AvgIpc) is 3.30. The summed E-state index contributed by atoms with van der Waals surface area (Å²) in [5.74, 6) is 1.05. The van der Waals surface area contributed by atoms with Crippen molar-refractivity contribution in [3.05, 3.63) is 80.7 Å². The van der Waals surface area contributed by atoms with Crippen molar-refractivity contribution in [2.75, 3.05) is 12.9 Å². The van der Waals surface area contributed by atoms with Gasteiger partial charge in [0.1, 0.15) is 11.4 Å². The van der Waals surface area contributed by atoms with Crippen molar-refractivity contribution in [2.45, 2.75) is 12.1 Å². The third-order valence-corrected chi connectivity index (χ3v) is 7.08. The van der Waals surface area contributed by atoms with E-state index >= 15 is 0 Å². The van der Waals surface area contributed by atoms with E-state index in [1.54, 1.807) is 19.2 Å². The van der Waals surface area contributed by atoms with Crippen LogP contribution in [0, 0.1) is 6.92 Å². The summed E-state index contributed by atoms with van der Waals surface area (Å²) in [6.45, 7) is 2.03. The molecule has 8 nitrogen and oxygen atoms in total. The number of carbonyl (C=O) groups excluding carboxylic acids is 1. The van der Waals surface area contributed by atoms with Gasteiger partial charge < -0.3 is 9.84 Å². The first-order valence-electron chi connectivity index (χ1n) is 10.7. The fourth-order valence-electron chi connectivity index (χ4n) is 3.28. The number of carbonyl (C=O) groups is 1. The number of amides is 1. The van der Waals surface area contributed by atoms with Crippen molar-refractivity contribution in [3.63, 3.8) is 0 Å². The Bertz CT molecular complexity index is 1410. The number of aryl methyl sites for hydroxylation is 1. The number of nitrogens with one attached hydrogen (secondary N) is 2. The van der Waals surface area contributed by atoms with Gasteiger partial charge in [0.2, 0.25) is 0 Å². The van der Waals surface area contributed by atoms with Gasteiger partial charge in [-0.2, -0.15) is 9.67 Å². The smallest absolute Gasteiger partial charge is 0.342 e. The number of thioether (sulfide) groups is 1. The van der Waals surface area contributed by atoms with Crippen LogP contribution in [0.5, 0.6) is 11.5 Å². The fraction of sp³-hybridized carbons (Fsp3) is 0.120. The van der Waals surface area contributed by atoms with Crippen molar-refractivity contribution in [1.29, 1.82) is 0 Å². The van der Waals surface area contributed by atoms with Crippen molar-refractivity contribution < 1.29 is 19.2 Å². The Balaban J connectivity index is 1.52. The number of aromatic amines is 1. The SMILES string of the molecule is COc1ccc(-c2[nH]nc(SCC(=O)N/N=C/c3cc(Br)cc(Br)c3[O-])[n+]2-c2ccc(C)cc2)cc1. The maximum Gasteiger partial charge on any atom is 0.342 e. The number of halogens is 2. The zero-order valence-corrected chi connectivity index (χ0v) is 23.3. The Morgan fingerprint density at radius 3 is 2.61 bits per heavy atom. The molecule has 0 fully saturated rings. The molecule has 0 aliphatic rings. The number of methoxy groups -OCH3 is 1. The lowest BCUT2D eigenvalue weighted by Crippen LogP contribution is -2.34. The van der Waals surface area contributed by atoms with Crippen LogP contribution in [-0.4, -0.2) is 35.2 Å². The van der Waals surface area contributed by atoms with Crippen LogP contribution in [-0.2, 0) is 4.79 Å². The Kier molecular flexibility index (Phi) is 8.44. The topological polar surface area (TPSA) is 106 Å². The molecule has 1 aromatic heterocycles. The van der Waals surface area contributed by atoms with E-state index < -0.39 is 0 Å². The van der Waals surface area contributed by atoms with Gasteiger partial charge in [0.25, 0.3) is 11.7 Å². The molecule has 0 unspecified atom stereocenters. The normalized spacial score (nSPS) is 11.1. The summed E-state index contributed by atoms with van der Waals surface area (Å²) in [5.41, 5.74) is 5.77. The highest BCUT2D eigenvalue weighted by Gasteiger charge is 2.24. The predicted molar refractivity (Wildman–Crippen MR) is 145 cm³/mol. The molecule has 0 aliphatic carbocycles. The van der Waals surface area contributed by atoms with Crippen LogP contribution in [0.3, 0.4) is 0 Å². The largest absolute Gasteiger partial charge is 0.871 e. The van der Waals surface area contributed by atoms with Gasteiger partial charge in [0.05, 0.1) is 29.7 Å². The molecule has 0 atom stereocenters. The molecule has 184 valence electrons. The maximum absolute atomic E-state index is 12.5. The number of hydrogen-bond donors (Lipinski definition) is 2. The molecule has 0 saturated carbocycles. The molecule has 0 saturated heterocycles. The summed E-state index contributed by atoms with van der Waals surface area (Å²) in [4.78, 5) is 12.5. The first-order chi connectivity index (χ1) is 17.4. The minimum absolute atomic E-state index is 0.0719. The van der Waals surface area contributed by atoms with Crippen LogP contribution in [0.2, 0.25) is 0 Å². The zero-order chi connectivity index (χ0) is 25.7. The van der Waals surface area contributed by atoms with E-state index in [9.17, 15) is 9.90 Å². The summed E-state index contributed by atoms with van der Waals surface area (Å²) >= 11 is 7.81. The molecule has 36 heavy (non-hydrogen) atoms. The van der Waals surface area contributed by atoms with Gasteiger partial charge in [-0.05, 0) is 72.8 Å². The van der Waals surface area contributed by atoms with Crippen LogP contribution >= 0.6 is 43.6 Å². The van der Waals surface area contributed by atoms with E-state index in [0.717, 1.165) is 32.9 Å². The number of ether oxygens (including phenoxy) is 1. The molecule has 1 heterocycles. The molecule has 0 bridgehead atoms. The van der Waals surface area contributed by atoms with Crippen LogP contribution in [0.1, 0.15) is 11.1 Å². The number of nitrogens with zero attached hydrogens (tertiary/aromatic N) is 3. The summed E-state index contributed by atoms with van der Waals surface area (Å²) in [7, 11) is 1.62. The zero-order valence-electron chi connectivity index (χ0n) is 19.3.